The number of nitrogens with one attached hydrogen (secondary N) is 1. The molecule has 3 aromatic rings. The number of aromatic nitrogens is 3. The fourth-order valence-corrected chi connectivity index (χ4v) is 2.24. The average molecular weight is 343 g/mol. The standard InChI is InChI=1S/C17H12ClFN4O/c1-10-6-8-21-16(22-10)11-2-4-12(5-3-11)23-17(24)13-7-9-20-15(18)14(13)19/h2-9H,1H3,(H,23,24). The molecule has 120 valence electrons. The zero-order valence-corrected chi connectivity index (χ0v) is 13.4. The summed E-state index contributed by atoms with van der Waals surface area (Å²) in [4.78, 5) is 24.2. The maximum absolute atomic E-state index is 13.8. The summed E-state index contributed by atoms with van der Waals surface area (Å²) in [6.45, 7) is 1.88. The van der Waals surface area contributed by atoms with Gasteiger partial charge >= 0.3 is 0 Å². The van der Waals surface area contributed by atoms with Crippen LogP contribution in [-0.2, 0) is 0 Å². The van der Waals surface area contributed by atoms with Crippen molar-refractivity contribution in [2.24, 2.45) is 0 Å². The molecule has 7 heteroatoms. The summed E-state index contributed by atoms with van der Waals surface area (Å²) in [6.07, 6.45) is 2.96. The lowest BCUT2D eigenvalue weighted by Crippen LogP contribution is -2.14. The van der Waals surface area contributed by atoms with E-state index in [2.05, 4.69) is 20.3 Å². The van der Waals surface area contributed by atoms with Crippen molar-refractivity contribution >= 4 is 23.2 Å². The second kappa shape index (κ2) is 6.72. The van der Waals surface area contributed by atoms with E-state index in [0.717, 1.165) is 11.3 Å². The minimum atomic E-state index is -0.846. The van der Waals surface area contributed by atoms with Gasteiger partial charge in [-0.1, -0.05) is 11.6 Å². The van der Waals surface area contributed by atoms with Gasteiger partial charge in [-0.3, -0.25) is 4.79 Å². The highest BCUT2D eigenvalue weighted by Gasteiger charge is 2.15. The minimum Gasteiger partial charge on any atom is -0.322 e. The Morgan fingerprint density at radius 1 is 1.08 bits per heavy atom. The molecule has 0 bridgehead atoms. The molecular formula is C17H12ClFN4O. The number of hydrogen-bond donors (Lipinski definition) is 1. The van der Waals surface area contributed by atoms with Gasteiger partial charge in [0.25, 0.3) is 5.91 Å². The van der Waals surface area contributed by atoms with E-state index in [-0.39, 0.29) is 10.7 Å². The number of hydrogen-bond acceptors (Lipinski definition) is 4. The van der Waals surface area contributed by atoms with Crippen molar-refractivity contribution in [1.82, 2.24) is 15.0 Å². The SMILES string of the molecule is Cc1ccnc(-c2ccc(NC(=O)c3ccnc(Cl)c3F)cc2)n1. The number of rotatable bonds is 3. The Bertz CT molecular complexity index is 899. The highest BCUT2D eigenvalue weighted by atomic mass is 35.5. The van der Waals surface area contributed by atoms with Gasteiger partial charge in [0, 0.05) is 29.3 Å². The molecule has 5 nitrogen and oxygen atoms in total. The Morgan fingerprint density at radius 3 is 2.50 bits per heavy atom. The maximum Gasteiger partial charge on any atom is 0.258 e. The molecule has 0 saturated heterocycles. The van der Waals surface area contributed by atoms with Crippen LogP contribution in [0.2, 0.25) is 5.15 Å². The molecule has 0 unspecified atom stereocenters. The van der Waals surface area contributed by atoms with Gasteiger partial charge in [0.2, 0.25) is 0 Å². The van der Waals surface area contributed by atoms with E-state index in [1.165, 1.54) is 12.3 Å². The summed E-state index contributed by atoms with van der Waals surface area (Å²) in [5.74, 6) is -0.849. The molecule has 1 aromatic carbocycles. The van der Waals surface area contributed by atoms with Crippen LogP contribution in [0.15, 0.2) is 48.8 Å². The topological polar surface area (TPSA) is 67.8 Å². The summed E-state index contributed by atoms with van der Waals surface area (Å²) in [5.41, 5.74) is 2.03. The Morgan fingerprint density at radius 2 is 1.79 bits per heavy atom. The third kappa shape index (κ3) is 3.38. The highest BCUT2D eigenvalue weighted by Crippen LogP contribution is 2.20. The zero-order chi connectivity index (χ0) is 17.1. The predicted octanol–water partition coefficient (Wildman–Crippen LogP) is 3.89. The molecule has 3 rings (SSSR count). The summed E-state index contributed by atoms with van der Waals surface area (Å²) < 4.78 is 13.8. The van der Waals surface area contributed by atoms with Crippen LogP contribution in [0.1, 0.15) is 16.1 Å². The summed E-state index contributed by atoms with van der Waals surface area (Å²) in [7, 11) is 0. The monoisotopic (exact) mass is 342 g/mol. The van der Waals surface area contributed by atoms with E-state index in [1.807, 2.05) is 13.0 Å². The smallest absolute Gasteiger partial charge is 0.258 e. The van der Waals surface area contributed by atoms with Crippen molar-refractivity contribution in [1.29, 1.82) is 0 Å². The lowest BCUT2D eigenvalue weighted by molar-refractivity contribution is 0.102. The first-order valence-corrected chi connectivity index (χ1v) is 7.44. The summed E-state index contributed by atoms with van der Waals surface area (Å²) in [6, 6.07) is 10.0. The second-order valence-electron chi connectivity index (χ2n) is 5.02. The van der Waals surface area contributed by atoms with Crippen molar-refractivity contribution < 1.29 is 9.18 Å². The van der Waals surface area contributed by atoms with Crippen molar-refractivity contribution in [2.75, 3.05) is 5.32 Å². The Labute approximate surface area is 142 Å². The first-order chi connectivity index (χ1) is 11.5. The van der Waals surface area contributed by atoms with E-state index in [0.29, 0.717) is 11.5 Å². The highest BCUT2D eigenvalue weighted by molar-refractivity contribution is 6.30. The van der Waals surface area contributed by atoms with Gasteiger partial charge in [-0.2, -0.15) is 0 Å². The summed E-state index contributed by atoms with van der Waals surface area (Å²) >= 11 is 5.58. The minimum absolute atomic E-state index is 0.166. The molecule has 0 atom stereocenters. The van der Waals surface area contributed by atoms with E-state index in [9.17, 15) is 9.18 Å². The van der Waals surface area contributed by atoms with E-state index < -0.39 is 11.7 Å². The van der Waals surface area contributed by atoms with Crippen LogP contribution in [0, 0.1) is 12.7 Å². The number of aryl methyl sites for hydroxylation is 1. The van der Waals surface area contributed by atoms with Gasteiger partial charge in [-0.15, -0.1) is 0 Å². The van der Waals surface area contributed by atoms with Crippen LogP contribution in [-0.4, -0.2) is 20.9 Å². The molecule has 0 fully saturated rings. The number of carbonyl (C=O) groups is 1. The molecule has 0 radical (unpaired) electrons. The molecule has 2 heterocycles. The number of pyridine rings is 1. The summed E-state index contributed by atoms with van der Waals surface area (Å²) in [5, 5.41) is 2.27. The van der Waals surface area contributed by atoms with Gasteiger partial charge in [0.05, 0.1) is 5.56 Å². The normalized spacial score (nSPS) is 10.5. The molecule has 0 aliphatic rings. The molecule has 24 heavy (non-hydrogen) atoms. The number of halogens is 2. The predicted molar refractivity (Wildman–Crippen MR) is 89.4 cm³/mol. The number of amides is 1. The number of anilines is 1. The Kier molecular flexibility index (Phi) is 4.48. The second-order valence-corrected chi connectivity index (χ2v) is 5.37. The van der Waals surface area contributed by atoms with E-state index in [4.69, 9.17) is 11.6 Å². The van der Waals surface area contributed by atoms with Crippen molar-refractivity contribution in [3.05, 3.63) is 71.0 Å². The van der Waals surface area contributed by atoms with Crippen molar-refractivity contribution in [2.45, 2.75) is 6.92 Å². The van der Waals surface area contributed by atoms with Crippen LogP contribution in [0.25, 0.3) is 11.4 Å². The molecule has 2 aromatic heterocycles. The fraction of sp³-hybridized carbons (Fsp3) is 0.0588. The Balaban J connectivity index is 1.79. The van der Waals surface area contributed by atoms with Gasteiger partial charge in [0.15, 0.2) is 16.8 Å². The average Bonchev–Trinajstić information content (AvgIpc) is 2.58. The van der Waals surface area contributed by atoms with Crippen LogP contribution >= 0.6 is 11.6 Å². The van der Waals surface area contributed by atoms with Crippen LogP contribution in [0.4, 0.5) is 10.1 Å². The van der Waals surface area contributed by atoms with Crippen molar-refractivity contribution in [3.8, 4) is 11.4 Å². The molecule has 0 aliphatic heterocycles. The molecule has 1 amide bonds. The molecular weight excluding hydrogens is 331 g/mol. The Hall–Kier alpha value is -2.86. The largest absolute Gasteiger partial charge is 0.322 e. The van der Waals surface area contributed by atoms with Crippen LogP contribution in [0.5, 0.6) is 0 Å². The van der Waals surface area contributed by atoms with Gasteiger partial charge in [-0.05, 0) is 43.3 Å². The van der Waals surface area contributed by atoms with Crippen molar-refractivity contribution in [3.63, 3.8) is 0 Å². The van der Waals surface area contributed by atoms with Gasteiger partial charge < -0.3 is 5.32 Å². The number of carbonyl (C=O) groups excluding carboxylic acids is 1. The van der Waals surface area contributed by atoms with E-state index in [1.54, 1.807) is 30.5 Å². The number of benzene rings is 1. The van der Waals surface area contributed by atoms with E-state index >= 15 is 0 Å². The van der Waals surface area contributed by atoms with Gasteiger partial charge in [-0.25, -0.2) is 19.3 Å². The van der Waals surface area contributed by atoms with Crippen LogP contribution < -0.4 is 5.32 Å². The number of nitrogens with zero attached hydrogens (tertiary/aromatic N) is 3. The maximum atomic E-state index is 13.8. The first-order valence-electron chi connectivity index (χ1n) is 7.06. The fourth-order valence-electron chi connectivity index (χ4n) is 2.08. The quantitative estimate of drug-likeness (QED) is 0.733. The first kappa shape index (κ1) is 16.0. The third-order valence-electron chi connectivity index (χ3n) is 3.29. The molecule has 0 aliphatic carbocycles. The van der Waals surface area contributed by atoms with Crippen LogP contribution in [0.3, 0.4) is 0 Å². The van der Waals surface area contributed by atoms with Gasteiger partial charge in [0.1, 0.15) is 0 Å². The molecule has 1 N–H and O–H groups in total. The zero-order valence-electron chi connectivity index (χ0n) is 12.6. The third-order valence-corrected chi connectivity index (χ3v) is 3.55. The lowest BCUT2D eigenvalue weighted by Gasteiger charge is -2.07. The lowest BCUT2D eigenvalue weighted by atomic mass is 10.1. The molecule has 0 spiro atoms. The molecule has 0 saturated carbocycles.